The molecular formula is C32H37NO8. The van der Waals surface area contributed by atoms with Crippen molar-refractivity contribution in [2.24, 2.45) is 0 Å². The van der Waals surface area contributed by atoms with Gasteiger partial charge in [-0.15, -0.1) is 0 Å². The summed E-state index contributed by atoms with van der Waals surface area (Å²) in [6.45, 7) is 4.18. The van der Waals surface area contributed by atoms with Gasteiger partial charge >= 0.3 is 11.9 Å². The van der Waals surface area contributed by atoms with Crippen LogP contribution in [0.15, 0.2) is 72.8 Å². The van der Waals surface area contributed by atoms with Gasteiger partial charge in [0.15, 0.2) is 12.2 Å². The summed E-state index contributed by atoms with van der Waals surface area (Å²) >= 11 is 0. The van der Waals surface area contributed by atoms with Crippen LogP contribution in [-0.2, 0) is 16.0 Å². The summed E-state index contributed by atoms with van der Waals surface area (Å²) in [4.78, 5) is 22.0. The topological polar surface area (TPSA) is 148 Å². The van der Waals surface area contributed by atoms with Crippen LogP contribution in [-0.4, -0.2) is 80.8 Å². The molecule has 9 heteroatoms. The molecule has 9 nitrogen and oxygen atoms in total. The number of phenols is 1. The average molecular weight is 564 g/mol. The Morgan fingerprint density at radius 2 is 1.49 bits per heavy atom. The molecule has 5 rings (SSSR count). The lowest BCUT2D eigenvalue weighted by atomic mass is 9.69. The van der Waals surface area contributed by atoms with Gasteiger partial charge in [-0.1, -0.05) is 48.5 Å². The molecule has 0 saturated carbocycles. The normalized spacial score (nSPS) is 19.8. The number of hydrogen-bond donors (Lipinski definition) is 5. The Balaban J connectivity index is 0.000000334. The Hall–Kier alpha value is -3.92. The highest BCUT2D eigenvalue weighted by molar-refractivity contribution is 5.83. The van der Waals surface area contributed by atoms with Gasteiger partial charge in [0.05, 0.1) is 0 Å². The zero-order chi connectivity index (χ0) is 29.4. The number of aryl methyl sites for hydroxylation is 1. The minimum absolute atomic E-state index is 0.283. The van der Waals surface area contributed by atoms with Gasteiger partial charge in [0.2, 0.25) is 0 Å². The molecule has 0 amide bonds. The molecule has 0 aromatic heterocycles. The molecule has 3 aromatic carbocycles. The second-order valence-corrected chi connectivity index (χ2v) is 10.4. The summed E-state index contributed by atoms with van der Waals surface area (Å²) in [5.41, 5.74) is 5.30. The molecule has 5 N–H and O–H groups in total. The van der Waals surface area contributed by atoms with E-state index in [1.54, 1.807) is 0 Å². The molecule has 2 aliphatic rings. The monoisotopic (exact) mass is 563 g/mol. The van der Waals surface area contributed by atoms with Crippen molar-refractivity contribution in [2.75, 3.05) is 26.2 Å². The van der Waals surface area contributed by atoms with E-state index in [2.05, 4.69) is 65.6 Å². The number of carbonyl (C=O) groups is 2. The van der Waals surface area contributed by atoms with Crippen LogP contribution in [0.5, 0.6) is 11.5 Å². The Morgan fingerprint density at radius 1 is 0.854 bits per heavy atom. The van der Waals surface area contributed by atoms with Crippen molar-refractivity contribution in [1.82, 2.24) is 4.90 Å². The number of carboxylic acid groups (broad SMARTS) is 2. The van der Waals surface area contributed by atoms with Crippen molar-refractivity contribution in [1.29, 1.82) is 0 Å². The van der Waals surface area contributed by atoms with Gasteiger partial charge in [-0.25, -0.2) is 9.59 Å². The number of nitrogens with zero attached hydrogens (tertiary/aromatic N) is 1. The largest absolute Gasteiger partial charge is 0.508 e. The summed E-state index contributed by atoms with van der Waals surface area (Å²) in [7, 11) is 0. The number of benzene rings is 3. The van der Waals surface area contributed by atoms with Crippen LogP contribution in [0.2, 0.25) is 0 Å². The molecule has 41 heavy (non-hydrogen) atoms. The standard InChI is InChI=1S/C28H31NO2.C4H6O6/c30-24-11-15-27-23(20-24)10-14-26(21-6-2-1-3-7-21)28(27)22-8-12-25(13-9-22)31-19-18-29-16-4-5-17-29;5-1(3(7)8)2(6)4(9)10/h1-3,6-9,11-13,15,20,26,28,30H,4-5,10,14,16-19H2;1-2,5-6H,(H,7,8)(H,9,10)/t26-,28-;1-,2+/m0./s1. The van der Waals surface area contributed by atoms with E-state index in [4.69, 9.17) is 25.2 Å². The fourth-order valence-electron chi connectivity index (χ4n) is 5.62. The van der Waals surface area contributed by atoms with Crippen LogP contribution in [0.1, 0.15) is 53.4 Å². The molecule has 1 aliphatic carbocycles. The molecular weight excluding hydrogens is 526 g/mol. The lowest BCUT2D eigenvalue weighted by Gasteiger charge is -2.35. The molecule has 0 unspecified atom stereocenters. The maximum atomic E-state index is 10.0. The molecule has 218 valence electrons. The predicted octanol–water partition coefficient (Wildman–Crippen LogP) is 3.61. The zero-order valence-electron chi connectivity index (χ0n) is 22.8. The second kappa shape index (κ2) is 14.1. The van der Waals surface area contributed by atoms with Gasteiger partial charge in [-0.05, 0) is 91.2 Å². The third kappa shape index (κ3) is 7.85. The van der Waals surface area contributed by atoms with E-state index >= 15 is 0 Å². The van der Waals surface area contributed by atoms with Crippen LogP contribution >= 0.6 is 0 Å². The number of aliphatic hydroxyl groups excluding tert-OH is 2. The lowest BCUT2D eigenvalue weighted by Crippen LogP contribution is -2.39. The Bertz CT molecular complexity index is 1270. The van der Waals surface area contributed by atoms with Crippen LogP contribution in [0.4, 0.5) is 0 Å². The number of aliphatic carboxylic acids is 2. The quantitative estimate of drug-likeness (QED) is 0.263. The summed E-state index contributed by atoms with van der Waals surface area (Å²) < 4.78 is 6.03. The van der Waals surface area contributed by atoms with Gasteiger partial charge < -0.3 is 30.3 Å². The summed E-state index contributed by atoms with van der Waals surface area (Å²) in [5.74, 6) is -1.52. The number of rotatable bonds is 9. The van der Waals surface area contributed by atoms with E-state index in [9.17, 15) is 14.7 Å². The SMILES string of the molecule is O=C(O)[C@@H](O)[C@@H](O)C(=O)O.Oc1ccc2c(c1)CC[C@@H](c1ccccc1)[C@@H]2c1ccc(OCCN2CCCC2)cc1. The second-order valence-electron chi connectivity index (χ2n) is 10.4. The molecule has 3 aromatic rings. The first-order chi connectivity index (χ1) is 19.7. The van der Waals surface area contributed by atoms with Crippen LogP contribution < -0.4 is 4.74 Å². The first kappa shape index (κ1) is 30.0. The van der Waals surface area contributed by atoms with E-state index in [1.807, 2.05) is 12.1 Å². The van der Waals surface area contributed by atoms with Crippen molar-refractivity contribution in [3.63, 3.8) is 0 Å². The summed E-state index contributed by atoms with van der Waals surface area (Å²) in [6, 6.07) is 25.4. The minimum Gasteiger partial charge on any atom is -0.508 e. The highest BCUT2D eigenvalue weighted by Gasteiger charge is 2.32. The molecule has 1 aliphatic heterocycles. The third-order valence-electron chi connectivity index (χ3n) is 7.74. The lowest BCUT2D eigenvalue weighted by molar-refractivity contribution is -0.165. The van der Waals surface area contributed by atoms with Gasteiger partial charge in [0.1, 0.15) is 18.1 Å². The Morgan fingerprint density at radius 3 is 2.10 bits per heavy atom. The van der Waals surface area contributed by atoms with E-state index < -0.39 is 24.1 Å². The van der Waals surface area contributed by atoms with Crippen LogP contribution in [0.3, 0.4) is 0 Å². The van der Waals surface area contributed by atoms with Crippen molar-refractivity contribution < 1.29 is 39.9 Å². The van der Waals surface area contributed by atoms with Crippen molar-refractivity contribution >= 4 is 11.9 Å². The van der Waals surface area contributed by atoms with E-state index in [-0.39, 0.29) is 5.92 Å². The number of hydrogen-bond acceptors (Lipinski definition) is 7. The Labute approximate surface area is 239 Å². The predicted molar refractivity (Wildman–Crippen MR) is 152 cm³/mol. The minimum atomic E-state index is -2.27. The number of phenolic OH excluding ortho intramolecular Hbond substituents is 1. The van der Waals surface area contributed by atoms with E-state index in [1.165, 1.54) is 48.2 Å². The Kier molecular flexibility index (Phi) is 10.3. The van der Waals surface area contributed by atoms with Gasteiger partial charge in [-0.2, -0.15) is 0 Å². The smallest absolute Gasteiger partial charge is 0.335 e. The fourth-order valence-corrected chi connectivity index (χ4v) is 5.62. The molecule has 0 radical (unpaired) electrons. The number of carboxylic acids is 2. The van der Waals surface area contributed by atoms with Gasteiger partial charge in [0, 0.05) is 12.5 Å². The molecule has 4 atom stereocenters. The molecule has 1 fully saturated rings. The van der Waals surface area contributed by atoms with E-state index in [0.717, 1.165) is 31.7 Å². The van der Waals surface area contributed by atoms with Crippen molar-refractivity contribution in [3.8, 4) is 11.5 Å². The number of aliphatic hydroxyl groups is 2. The maximum absolute atomic E-state index is 10.0. The number of ether oxygens (including phenoxy) is 1. The average Bonchev–Trinajstić information content (AvgIpc) is 3.50. The zero-order valence-corrected chi connectivity index (χ0v) is 22.8. The number of aromatic hydroxyl groups is 1. The summed E-state index contributed by atoms with van der Waals surface area (Å²) in [5, 5.41) is 42.5. The number of fused-ring (bicyclic) bond motifs is 1. The van der Waals surface area contributed by atoms with Crippen molar-refractivity contribution in [2.45, 2.75) is 49.7 Å². The fraction of sp³-hybridized carbons (Fsp3) is 0.375. The third-order valence-corrected chi connectivity index (χ3v) is 7.74. The first-order valence-electron chi connectivity index (χ1n) is 13.9. The van der Waals surface area contributed by atoms with Crippen molar-refractivity contribution in [3.05, 3.63) is 95.1 Å². The molecule has 1 heterocycles. The molecule has 0 bridgehead atoms. The molecule has 1 saturated heterocycles. The first-order valence-corrected chi connectivity index (χ1v) is 13.9. The van der Waals surface area contributed by atoms with Crippen LogP contribution in [0.25, 0.3) is 0 Å². The van der Waals surface area contributed by atoms with Gasteiger partial charge in [-0.3, -0.25) is 4.90 Å². The number of likely N-dealkylation sites (tertiary alicyclic amines) is 1. The van der Waals surface area contributed by atoms with E-state index in [0.29, 0.717) is 11.7 Å². The van der Waals surface area contributed by atoms with Crippen LogP contribution in [0, 0.1) is 0 Å². The highest BCUT2D eigenvalue weighted by atomic mass is 16.5. The van der Waals surface area contributed by atoms with Gasteiger partial charge in [0.25, 0.3) is 0 Å². The summed E-state index contributed by atoms with van der Waals surface area (Å²) in [6.07, 6.45) is 0.182. The maximum Gasteiger partial charge on any atom is 0.335 e. The highest BCUT2D eigenvalue weighted by Crippen LogP contribution is 2.47. The molecule has 0 spiro atoms.